The quantitative estimate of drug-likeness (QED) is 0.585. The van der Waals surface area contributed by atoms with Crippen LogP contribution >= 0.6 is 11.6 Å². The molecule has 2 heterocycles. The van der Waals surface area contributed by atoms with Gasteiger partial charge in [-0.1, -0.05) is 41.9 Å². The van der Waals surface area contributed by atoms with Gasteiger partial charge in [-0.2, -0.15) is 0 Å². The first-order valence-corrected chi connectivity index (χ1v) is 8.44. The van der Waals surface area contributed by atoms with Crippen LogP contribution in [-0.2, 0) is 17.9 Å². The number of aromatic nitrogens is 3. The average molecular weight is 367 g/mol. The van der Waals surface area contributed by atoms with Gasteiger partial charge in [0.25, 0.3) is 0 Å². The van der Waals surface area contributed by atoms with Gasteiger partial charge < -0.3 is 14.3 Å². The van der Waals surface area contributed by atoms with E-state index in [2.05, 4.69) is 15.5 Å². The monoisotopic (exact) mass is 366 g/mol. The SMILES string of the molecule is O=C(Cn1cc(-c2nnco2)c2ccccc21)NCc1cccc(Cl)c1. The van der Waals surface area contributed by atoms with E-state index < -0.39 is 0 Å². The van der Waals surface area contributed by atoms with E-state index in [1.165, 1.54) is 6.39 Å². The van der Waals surface area contributed by atoms with Crippen molar-refractivity contribution in [2.75, 3.05) is 0 Å². The van der Waals surface area contributed by atoms with Crippen molar-refractivity contribution in [3.63, 3.8) is 0 Å². The fraction of sp³-hybridized carbons (Fsp3) is 0.105. The Kier molecular flexibility index (Phi) is 4.41. The third kappa shape index (κ3) is 3.32. The van der Waals surface area contributed by atoms with Crippen molar-refractivity contribution in [2.24, 2.45) is 0 Å². The van der Waals surface area contributed by atoms with Gasteiger partial charge in [-0.15, -0.1) is 10.2 Å². The molecule has 0 unspecified atom stereocenters. The largest absolute Gasteiger partial charge is 0.423 e. The van der Waals surface area contributed by atoms with Gasteiger partial charge in [0.05, 0.1) is 5.56 Å². The molecule has 0 aliphatic rings. The van der Waals surface area contributed by atoms with Crippen LogP contribution in [0.5, 0.6) is 0 Å². The van der Waals surface area contributed by atoms with Crippen molar-refractivity contribution in [3.05, 3.63) is 71.7 Å². The Morgan fingerprint density at radius 1 is 1.19 bits per heavy atom. The van der Waals surface area contributed by atoms with Gasteiger partial charge in [-0.25, -0.2) is 0 Å². The third-order valence-electron chi connectivity index (χ3n) is 4.07. The third-order valence-corrected chi connectivity index (χ3v) is 4.31. The fourth-order valence-electron chi connectivity index (χ4n) is 2.90. The maximum absolute atomic E-state index is 12.4. The highest BCUT2D eigenvalue weighted by Gasteiger charge is 2.15. The Morgan fingerprint density at radius 3 is 2.88 bits per heavy atom. The normalized spacial score (nSPS) is 11.0. The van der Waals surface area contributed by atoms with Crippen LogP contribution in [0.25, 0.3) is 22.4 Å². The zero-order valence-corrected chi connectivity index (χ0v) is 14.5. The number of carbonyl (C=O) groups excluding carboxylic acids is 1. The number of nitrogens with zero attached hydrogens (tertiary/aromatic N) is 3. The molecule has 2 aromatic heterocycles. The summed E-state index contributed by atoms with van der Waals surface area (Å²) in [5.74, 6) is 0.335. The number of carbonyl (C=O) groups is 1. The van der Waals surface area contributed by atoms with Crippen molar-refractivity contribution in [1.82, 2.24) is 20.1 Å². The zero-order chi connectivity index (χ0) is 17.9. The number of fused-ring (bicyclic) bond motifs is 1. The molecular weight excluding hydrogens is 352 g/mol. The minimum absolute atomic E-state index is 0.0946. The van der Waals surface area contributed by atoms with E-state index in [-0.39, 0.29) is 12.5 Å². The molecule has 0 fully saturated rings. The van der Waals surface area contributed by atoms with Gasteiger partial charge in [-0.3, -0.25) is 4.79 Å². The molecule has 0 radical (unpaired) electrons. The van der Waals surface area contributed by atoms with Crippen molar-refractivity contribution in [3.8, 4) is 11.5 Å². The number of halogens is 1. The molecule has 4 rings (SSSR count). The lowest BCUT2D eigenvalue weighted by molar-refractivity contribution is -0.121. The summed E-state index contributed by atoms with van der Waals surface area (Å²) in [6.45, 7) is 0.615. The second-order valence-electron chi connectivity index (χ2n) is 5.84. The number of nitrogens with one attached hydrogen (secondary N) is 1. The Hall–Kier alpha value is -3.12. The van der Waals surface area contributed by atoms with E-state index in [9.17, 15) is 4.79 Å². The van der Waals surface area contributed by atoms with Crippen molar-refractivity contribution < 1.29 is 9.21 Å². The van der Waals surface area contributed by atoms with Crippen LogP contribution in [-0.4, -0.2) is 20.7 Å². The van der Waals surface area contributed by atoms with E-state index in [0.717, 1.165) is 22.0 Å². The molecule has 0 bridgehead atoms. The molecule has 7 heteroatoms. The van der Waals surface area contributed by atoms with Crippen LogP contribution in [0.2, 0.25) is 5.02 Å². The van der Waals surface area contributed by atoms with Crippen LogP contribution in [0, 0.1) is 0 Å². The van der Waals surface area contributed by atoms with Gasteiger partial charge in [0, 0.05) is 28.7 Å². The Labute approximate surface area is 154 Å². The minimum atomic E-state index is -0.0946. The van der Waals surface area contributed by atoms with E-state index in [4.69, 9.17) is 16.0 Å². The standard InChI is InChI=1S/C19H15ClN4O2/c20-14-5-3-4-13(8-14)9-21-18(25)11-24-10-16(19-23-22-12-26-19)15-6-1-2-7-17(15)24/h1-8,10,12H,9,11H2,(H,21,25). The summed E-state index contributed by atoms with van der Waals surface area (Å²) in [7, 11) is 0. The average Bonchev–Trinajstić information content (AvgIpc) is 3.29. The molecule has 1 amide bonds. The summed E-state index contributed by atoms with van der Waals surface area (Å²) in [6, 6.07) is 15.2. The number of benzene rings is 2. The number of rotatable bonds is 5. The Bertz CT molecular complexity index is 1060. The highest BCUT2D eigenvalue weighted by atomic mass is 35.5. The van der Waals surface area contributed by atoms with Gasteiger partial charge >= 0.3 is 0 Å². The van der Waals surface area contributed by atoms with Crippen LogP contribution in [0.3, 0.4) is 0 Å². The molecule has 1 N–H and O–H groups in total. The lowest BCUT2D eigenvalue weighted by Crippen LogP contribution is -2.26. The molecular formula is C19H15ClN4O2. The van der Waals surface area contributed by atoms with E-state index in [1.54, 1.807) is 6.07 Å². The molecule has 0 saturated carbocycles. The summed E-state index contributed by atoms with van der Waals surface area (Å²) in [4.78, 5) is 12.4. The minimum Gasteiger partial charge on any atom is -0.423 e. The smallest absolute Gasteiger partial charge is 0.249 e. The molecule has 130 valence electrons. The lowest BCUT2D eigenvalue weighted by atomic mass is 10.2. The van der Waals surface area contributed by atoms with Crippen LogP contribution in [0.4, 0.5) is 0 Å². The second-order valence-corrected chi connectivity index (χ2v) is 6.27. The summed E-state index contributed by atoms with van der Waals surface area (Å²) >= 11 is 5.97. The summed E-state index contributed by atoms with van der Waals surface area (Å²) in [5.41, 5.74) is 2.69. The van der Waals surface area contributed by atoms with E-state index in [0.29, 0.717) is 17.5 Å². The predicted molar refractivity (Wildman–Crippen MR) is 98.5 cm³/mol. The van der Waals surface area contributed by atoms with E-state index in [1.807, 2.05) is 53.2 Å². The maximum atomic E-state index is 12.4. The number of hydrogen-bond donors (Lipinski definition) is 1. The fourth-order valence-corrected chi connectivity index (χ4v) is 3.11. The topological polar surface area (TPSA) is 73.0 Å². The van der Waals surface area contributed by atoms with Crippen LogP contribution < -0.4 is 5.32 Å². The molecule has 4 aromatic rings. The Balaban J connectivity index is 1.54. The first-order chi connectivity index (χ1) is 12.7. The predicted octanol–water partition coefficient (Wildman–Crippen LogP) is 3.66. The molecule has 0 spiro atoms. The molecule has 0 aliphatic carbocycles. The van der Waals surface area contributed by atoms with Gasteiger partial charge in [0.1, 0.15) is 6.54 Å². The van der Waals surface area contributed by atoms with Crippen molar-refractivity contribution in [2.45, 2.75) is 13.1 Å². The number of amides is 1. The highest BCUT2D eigenvalue weighted by Crippen LogP contribution is 2.29. The van der Waals surface area contributed by atoms with Gasteiger partial charge in [-0.05, 0) is 23.8 Å². The lowest BCUT2D eigenvalue weighted by Gasteiger charge is -2.08. The van der Waals surface area contributed by atoms with Crippen molar-refractivity contribution in [1.29, 1.82) is 0 Å². The summed E-state index contributed by atoms with van der Waals surface area (Å²) in [6.07, 6.45) is 3.15. The molecule has 0 saturated heterocycles. The highest BCUT2D eigenvalue weighted by molar-refractivity contribution is 6.30. The molecule has 6 nitrogen and oxygen atoms in total. The molecule has 0 atom stereocenters. The van der Waals surface area contributed by atoms with Crippen LogP contribution in [0.15, 0.2) is 65.5 Å². The molecule has 26 heavy (non-hydrogen) atoms. The zero-order valence-electron chi connectivity index (χ0n) is 13.7. The van der Waals surface area contributed by atoms with Gasteiger partial charge in [0.2, 0.25) is 18.2 Å². The second kappa shape index (κ2) is 7.01. The first-order valence-electron chi connectivity index (χ1n) is 8.06. The van der Waals surface area contributed by atoms with Crippen molar-refractivity contribution >= 4 is 28.4 Å². The molecule has 2 aromatic carbocycles. The van der Waals surface area contributed by atoms with Crippen LogP contribution in [0.1, 0.15) is 5.56 Å². The summed E-state index contributed by atoms with van der Waals surface area (Å²) < 4.78 is 7.19. The first kappa shape index (κ1) is 16.4. The number of hydrogen-bond acceptors (Lipinski definition) is 4. The van der Waals surface area contributed by atoms with Gasteiger partial charge in [0.15, 0.2) is 0 Å². The Morgan fingerprint density at radius 2 is 2.08 bits per heavy atom. The maximum Gasteiger partial charge on any atom is 0.249 e. The van der Waals surface area contributed by atoms with E-state index >= 15 is 0 Å². The number of para-hydroxylation sites is 1. The molecule has 0 aliphatic heterocycles. The summed E-state index contributed by atoms with van der Waals surface area (Å²) in [5, 5.41) is 12.2.